The van der Waals surface area contributed by atoms with Gasteiger partial charge in [-0.25, -0.2) is 13.1 Å². The minimum Gasteiger partial charge on any atom is -0.378 e. The highest BCUT2D eigenvalue weighted by molar-refractivity contribution is 7.92. The lowest BCUT2D eigenvalue weighted by Gasteiger charge is -2.07. The fraction of sp³-hybridized carbons (Fsp3) is 0.750. The SMILES string of the molecule is Cc1nc(NS(=O)(=O)CCOC(C)C)n[nH]1. The Hall–Kier alpha value is -1.15. The van der Waals surface area contributed by atoms with Crippen molar-refractivity contribution in [2.45, 2.75) is 26.9 Å². The fourth-order valence-corrected chi connectivity index (χ4v) is 1.76. The van der Waals surface area contributed by atoms with Gasteiger partial charge in [0.2, 0.25) is 10.0 Å². The minimum absolute atomic E-state index is 0.0148. The van der Waals surface area contributed by atoms with Gasteiger partial charge < -0.3 is 4.74 Å². The van der Waals surface area contributed by atoms with Crippen molar-refractivity contribution in [3.8, 4) is 0 Å². The summed E-state index contributed by atoms with van der Waals surface area (Å²) in [5.74, 6) is 0.497. The zero-order valence-corrected chi connectivity index (χ0v) is 10.3. The van der Waals surface area contributed by atoms with Crippen molar-refractivity contribution in [3.63, 3.8) is 0 Å². The van der Waals surface area contributed by atoms with E-state index in [0.29, 0.717) is 5.82 Å². The number of nitrogens with zero attached hydrogens (tertiary/aromatic N) is 2. The largest absolute Gasteiger partial charge is 0.378 e. The number of nitrogens with one attached hydrogen (secondary N) is 2. The van der Waals surface area contributed by atoms with Gasteiger partial charge in [-0.3, -0.25) is 5.10 Å². The second kappa shape index (κ2) is 5.26. The molecule has 1 heterocycles. The highest BCUT2D eigenvalue weighted by atomic mass is 32.2. The summed E-state index contributed by atoms with van der Waals surface area (Å²) in [6.45, 7) is 5.53. The van der Waals surface area contributed by atoms with E-state index in [1.807, 2.05) is 13.8 Å². The molecule has 0 radical (unpaired) electrons. The Balaban J connectivity index is 2.46. The van der Waals surface area contributed by atoms with E-state index in [2.05, 4.69) is 19.9 Å². The van der Waals surface area contributed by atoms with Crippen LogP contribution < -0.4 is 4.72 Å². The molecule has 0 saturated heterocycles. The van der Waals surface area contributed by atoms with E-state index in [-0.39, 0.29) is 24.4 Å². The predicted molar refractivity (Wildman–Crippen MR) is 59.6 cm³/mol. The van der Waals surface area contributed by atoms with Gasteiger partial charge in [-0.2, -0.15) is 4.98 Å². The van der Waals surface area contributed by atoms with E-state index in [1.54, 1.807) is 6.92 Å². The molecule has 0 aromatic carbocycles. The predicted octanol–water partition coefficient (Wildman–Crippen LogP) is 0.280. The maximum absolute atomic E-state index is 11.5. The molecule has 1 aromatic heterocycles. The van der Waals surface area contributed by atoms with E-state index in [0.717, 1.165) is 0 Å². The van der Waals surface area contributed by atoms with Gasteiger partial charge in [-0.05, 0) is 20.8 Å². The lowest BCUT2D eigenvalue weighted by atomic mass is 10.5. The first-order chi connectivity index (χ1) is 7.39. The van der Waals surface area contributed by atoms with Gasteiger partial charge in [0.25, 0.3) is 5.95 Å². The molecule has 1 aromatic rings. The Morgan fingerprint density at radius 3 is 2.69 bits per heavy atom. The molecular formula is C8H16N4O3S. The van der Waals surface area contributed by atoms with Crippen LogP contribution in [-0.4, -0.2) is 42.1 Å². The quantitative estimate of drug-likeness (QED) is 0.753. The molecule has 92 valence electrons. The molecular weight excluding hydrogens is 232 g/mol. The molecule has 16 heavy (non-hydrogen) atoms. The number of aromatic amines is 1. The second-order valence-electron chi connectivity index (χ2n) is 3.58. The molecule has 0 aliphatic rings. The Bertz CT molecular complexity index is 426. The molecule has 0 atom stereocenters. The van der Waals surface area contributed by atoms with Crippen molar-refractivity contribution in [1.29, 1.82) is 0 Å². The molecule has 0 saturated carbocycles. The molecule has 0 amide bonds. The van der Waals surface area contributed by atoms with E-state index >= 15 is 0 Å². The highest BCUT2D eigenvalue weighted by Crippen LogP contribution is 2.01. The number of ether oxygens (including phenoxy) is 1. The number of hydrogen-bond donors (Lipinski definition) is 2. The molecule has 2 N–H and O–H groups in total. The van der Waals surface area contributed by atoms with E-state index in [4.69, 9.17) is 4.74 Å². The number of sulfonamides is 1. The Morgan fingerprint density at radius 2 is 2.19 bits per heavy atom. The van der Waals surface area contributed by atoms with Crippen LogP contribution >= 0.6 is 0 Å². The number of rotatable bonds is 6. The second-order valence-corrected chi connectivity index (χ2v) is 5.43. The van der Waals surface area contributed by atoms with Gasteiger partial charge in [-0.15, -0.1) is 5.10 Å². The molecule has 1 rings (SSSR count). The molecule has 0 bridgehead atoms. The van der Waals surface area contributed by atoms with Crippen LogP contribution in [0.15, 0.2) is 0 Å². The van der Waals surface area contributed by atoms with E-state index < -0.39 is 10.0 Å². The number of anilines is 1. The maximum atomic E-state index is 11.5. The van der Waals surface area contributed by atoms with E-state index in [1.165, 1.54) is 0 Å². The Morgan fingerprint density at radius 1 is 1.50 bits per heavy atom. The summed E-state index contributed by atoms with van der Waals surface area (Å²) in [6, 6.07) is 0. The van der Waals surface area contributed by atoms with Crippen LogP contribution in [0.3, 0.4) is 0 Å². The summed E-state index contributed by atoms with van der Waals surface area (Å²) in [5.41, 5.74) is 0. The summed E-state index contributed by atoms with van der Waals surface area (Å²) in [6.07, 6.45) is 0.0148. The van der Waals surface area contributed by atoms with Crippen LogP contribution in [-0.2, 0) is 14.8 Å². The van der Waals surface area contributed by atoms with Crippen molar-refractivity contribution in [3.05, 3.63) is 5.82 Å². The van der Waals surface area contributed by atoms with Crippen molar-refractivity contribution in [2.24, 2.45) is 0 Å². The summed E-state index contributed by atoms with van der Waals surface area (Å²) >= 11 is 0. The first kappa shape index (κ1) is 12.9. The van der Waals surface area contributed by atoms with Crippen molar-refractivity contribution in [1.82, 2.24) is 15.2 Å². The minimum atomic E-state index is -3.44. The van der Waals surface area contributed by atoms with Crippen molar-refractivity contribution < 1.29 is 13.2 Å². The summed E-state index contributed by atoms with van der Waals surface area (Å²) < 4.78 is 30.4. The van der Waals surface area contributed by atoms with Gasteiger partial charge in [0.05, 0.1) is 18.5 Å². The maximum Gasteiger partial charge on any atom is 0.255 e. The normalized spacial score (nSPS) is 12.0. The first-order valence-electron chi connectivity index (χ1n) is 4.90. The zero-order valence-electron chi connectivity index (χ0n) is 9.52. The van der Waals surface area contributed by atoms with Crippen LogP contribution in [0.25, 0.3) is 0 Å². The lowest BCUT2D eigenvalue weighted by Crippen LogP contribution is -2.22. The summed E-state index contributed by atoms with van der Waals surface area (Å²) in [4.78, 5) is 3.84. The van der Waals surface area contributed by atoms with Gasteiger partial charge in [0.15, 0.2) is 0 Å². The van der Waals surface area contributed by atoms with E-state index in [9.17, 15) is 8.42 Å². The van der Waals surface area contributed by atoms with Crippen molar-refractivity contribution >= 4 is 16.0 Å². The topological polar surface area (TPSA) is 97.0 Å². The molecule has 7 nitrogen and oxygen atoms in total. The average molecular weight is 248 g/mol. The molecule has 0 spiro atoms. The third-order valence-electron chi connectivity index (χ3n) is 1.65. The van der Waals surface area contributed by atoms with Crippen LogP contribution in [0.2, 0.25) is 0 Å². The van der Waals surface area contributed by atoms with Gasteiger partial charge >= 0.3 is 0 Å². The van der Waals surface area contributed by atoms with Gasteiger partial charge in [-0.1, -0.05) is 0 Å². The Kier molecular flexibility index (Phi) is 4.25. The van der Waals surface area contributed by atoms with Gasteiger partial charge in [0, 0.05) is 0 Å². The molecule has 0 fully saturated rings. The molecule has 0 unspecified atom stereocenters. The number of aryl methyl sites for hydroxylation is 1. The lowest BCUT2D eigenvalue weighted by molar-refractivity contribution is 0.0913. The highest BCUT2D eigenvalue weighted by Gasteiger charge is 2.13. The Labute approximate surface area is 94.7 Å². The monoisotopic (exact) mass is 248 g/mol. The smallest absolute Gasteiger partial charge is 0.255 e. The van der Waals surface area contributed by atoms with Crippen LogP contribution in [0.5, 0.6) is 0 Å². The van der Waals surface area contributed by atoms with Crippen molar-refractivity contribution in [2.75, 3.05) is 17.1 Å². The number of hydrogen-bond acceptors (Lipinski definition) is 5. The summed E-state index contributed by atoms with van der Waals surface area (Å²) in [5, 5.41) is 6.22. The first-order valence-corrected chi connectivity index (χ1v) is 6.55. The number of aromatic nitrogens is 3. The molecule has 0 aliphatic heterocycles. The van der Waals surface area contributed by atoms with Crippen LogP contribution in [0.1, 0.15) is 19.7 Å². The average Bonchev–Trinajstić information content (AvgIpc) is 2.48. The third-order valence-corrected chi connectivity index (χ3v) is 2.84. The van der Waals surface area contributed by atoms with Crippen LogP contribution in [0.4, 0.5) is 5.95 Å². The molecule has 0 aliphatic carbocycles. The third kappa shape index (κ3) is 4.58. The fourth-order valence-electron chi connectivity index (χ4n) is 0.972. The van der Waals surface area contributed by atoms with Gasteiger partial charge in [0.1, 0.15) is 5.82 Å². The zero-order chi connectivity index (χ0) is 12.2. The summed E-state index contributed by atoms with van der Waals surface area (Å²) in [7, 11) is -3.44. The van der Waals surface area contributed by atoms with Crippen LogP contribution in [0, 0.1) is 6.92 Å². The number of H-pyrrole nitrogens is 1. The standard InChI is InChI=1S/C8H16N4O3S/c1-6(2)15-4-5-16(13,14)12-8-9-7(3)10-11-8/h6H,4-5H2,1-3H3,(H2,9,10,11,12). The molecule has 8 heteroatoms.